The Hall–Kier alpha value is -2.67. The Morgan fingerprint density at radius 1 is 0.828 bits per heavy atom. The molecule has 2 aliphatic rings. The highest BCUT2D eigenvalue weighted by Gasteiger charge is 2.24. The van der Waals surface area contributed by atoms with Crippen LogP contribution in [0.1, 0.15) is 21.7 Å². The van der Waals surface area contributed by atoms with Gasteiger partial charge in [-0.05, 0) is 33.0 Å². The van der Waals surface area contributed by atoms with Crippen molar-refractivity contribution in [3.63, 3.8) is 0 Å². The molecule has 4 rings (SSSR count). The van der Waals surface area contributed by atoms with Crippen molar-refractivity contribution >= 4 is 17.5 Å². The number of anilines is 2. The molecule has 154 valence electrons. The van der Waals surface area contributed by atoms with Crippen LogP contribution in [-0.4, -0.2) is 85.1 Å². The summed E-state index contributed by atoms with van der Waals surface area (Å²) < 4.78 is 0. The zero-order valence-electron chi connectivity index (χ0n) is 17.6. The topological polar surface area (TPSA) is 55.8 Å². The third-order valence-electron chi connectivity index (χ3n) is 5.79. The molecule has 0 bridgehead atoms. The summed E-state index contributed by atoms with van der Waals surface area (Å²) in [6.07, 6.45) is 0. The zero-order valence-corrected chi connectivity index (χ0v) is 17.6. The highest BCUT2D eigenvalue weighted by atomic mass is 16.2. The number of likely N-dealkylation sites (N-methyl/N-ethyl adjacent to an activating group) is 1. The Bertz CT molecular complexity index is 869. The van der Waals surface area contributed by atoms with Gasteiger partial charge in [-0.15, -0.1) is 0 Å². The van der Waals surface area contributed by atoms with Crippen LogP contribution in [0, 0.1) is 13.8 Å². The van der Waals surface area contributed by atoms with Gasteiger partial charge in [-0.25, -0.2) is 9.97 Å². The number of aromatic nitrogens is 2. The van der Waals surface area contributed by atoms with Crippen molar-refractivity contribution in [2.75, 3.05) is 69.2 Å². The Kier molecular flexibility index (Phi) is 5.67. The van der Waals surface area contributed by atoms with Gasteiger partial charge in [-0.2, -0.15) is 0 Å². The van der Waals surface area contributed by atoms with Gasteiger partial charge in [-0.1, -0.05) is 17.7 Å². The van der Waals surface area contributed by atoms with E-state index in [-0.39, 0.29) is 5.91 Å². The normalized spacial score (nSPS) is 18.2. The minimum atomic E-state index is 0.116. The van der Waals surface area contributed by atoms with Crippen molar-refractivity contribution in [1.29, 1.82) is 0 Å². The fourth-order valence-corrected chi connectivity index (χ4v) is 4.00. The van der Waals surface area contributed by atoms with Crippen LogP contribution in [0.4, 0.5) is 11.6 Å². The Morgan fingerprint density at radius 2 is 1.41 bits per heavy atom. The molecule has 1 aromatic heterocycles. The van der Waals surface area contributed by atoms with Crippen LogP contribution in [0.2, 0.25) is 0 Å². The first-order valence-electron chi connectivity index (χ1n) is 10.4. The van der Waals surface area contributed by atoms with Gasteiger partial charge < -0.3 is 19.6 Å². The Labute approximate surface area is 172 Å². The molecular formula is C22H30N6O. The van der Waals surface area contributed by atoms with Crippen molar-refractivity contribution in [2.45, 2.75) is 13.8 Å². The number of benzene rings is 1. The third-order valence-corrected chi connectivity index (χ3v) is 5.79. The smallest absolute Gasteiger partial charge is 0.253 e. The number of rotatable bonds is 3. The largest absolute Gasteiger partial charge is 0.354 e. The monoisotopic (exact) mass is 394 g/mol. The van der Waals surface area contributed by atoms with E-state index in [4.69, 9.17) is 0 Å². The molecule has 1 aromatic carbocycles. The molecule has 0 atom stereocenters. The van der Waals surface area contributed by atoms with E-state index >= 15 is 0 Å². The van der Waals surface area contributed by atoms with Gasteiger partial charge in [0.15, 0.2) is 0 Å². The van der Waals surface area contributed by atoms with Gasteiger partial charge in [0.2, 0.25) is 0 Å². The number of hydrogen-bond donors (Lipinski definition) is 0. The molecule has 0 unspecified atom stereocenters. The van der Waals surface area contributed by atoms with Gasteiger partial charge in [0.1, 0.15) is 17.5 Å². The van der Waals surface area contributed by atoms with Crippen LogP contribution < -0.4 is 9.80 Å². The lowest BCUT2D eigenvalue weighted by Crippen LogP contribution is -2.49. The summed E-state index contributed by atoms with van der Waals surface area (Å²) in [7, 11) is 2.16. The molecule has 7 nitrogen and oxygen atoms in total. The van der Waals surface area contributed by atoms with Crippen molar-refractivity contribution in [1.82, 2.24) is 19.8 Å². The van der Waals surface area contributed by atoms with Gasteiger partial charge in [0.05, 0.1) is 0 Å². The predicted octanol–water partition coefficient (Wildman–Crippen LogP) is 1.81. The molecule has 29 heavy (non-hydrogen) atoms. The molecule has 0 N–H and O–H groups in total. The molecule has 0 aliphatic carbocycles. The van der Waals surface area contributed by atoms with Crippen LogP contribution in [0.3, 0.4) is 0 Å². The van der Waals surface area contributed by atoms with Gasteiger partial charge in [0.25, 0.3) is 5.91 Å². The highest BCUT2D eigenvalue weighted by Crippen LogP contribution is 2.22. The molecule has 2 aliphatic heterocycles. The van der Waals surface area contributed by atoms with Crippen molar-refractivity contribution in [3.05, 3.63) is 47.3 Å². The molecule has 2 fully saturated rings. The average Bonchev–Trinajstić information content (AvgIpc) is 2.73. The number of carbonyl (C=O) groups is 1. The number of amides is 1. The van der Waals surface area contributed by atoms with E-state index in [9.17, 15) is 4.79 Å². The summed E-state index contributed by atoms with van der Waals surface area (Å²) in [5, 5.41) is 0. The van der Waals surface area contributed by atoms with Crippen LogP contribution in [0.25, 0.3) is 0 Å². The Morgan fingerprint density at radius 3 is 2.00 bits per heavy atom. The summed E-state index contributed by atoms with van der Waals surface area (Å²) in [5.41, 5.74) is 1.89. The van der Waals surface area contributed by atoms with E-state index in [2.05, 4.69) is 37.8 Å². The number of carbonyl (C=O) groups excluding carboxylic acids is 1. The second-order valence-electron chi connectivity index (χ2n) is 8.07. The van der Waals surface area contributed by atoms with Crippen molar-refractivity contribution in [2.24, 2.45) is 0 Å². The summed E-state index contributed by atoms with van der Waals surface area (Å²) in [5.74, 6) is 2.90. The van der Waals surface area contributed by atoms with E-state index in [1.54, 1.807) is 0 Å². The van der Waals surface area contributed by atoms with Crippen LogP contribution in [-0.2, 0) is 0 Å². The average molecular weight is 395 g/mol. The maximum absolute atomic E-state index is 12.8. The summed E-state index contributed by atoms with van der Waals surface area (Å²) in [4.78, 5) is 31.1. The van der Waals surface area contributed by atoms with E-state index < -0.39 is 0 Å². The molecule has 0 spiro atoms. The molecule has 7 heteroatoms. The maximum Gasteiger partial charge on any atom is 0.253 e. The first-order chi connectivity index (χ1) is 14.0. The zero-order chi connectivity index (χ0) is 20.4. The molecule has 2 saturated heterocycles. The van der Waals surface area contributed by atoms with Crippen LogP contribution in [0.15, 0.2) is 30.3 Å². The second kappa shape index (κ2) is 8.37. The first kappa shape index (κ1) is 19.6. The fourth-order valence-electron chi connectivity index (χ4n) is 4.00. The minimum absolute atomic E-state index is 0.116. The van der Waals surface area contributed by atoms with E-state index in [0.29, 0.717) is 13.1 Å². The molecule has 1 amide bonds. The van der Waals surface area contributed by atoms with Crippen molar-refractivity contribution in [3.8, 4) is 0 Å². The molecule has 0 saturated carbocycles. The SMILES string of the molecule is Cc1cccc(C(=O)N2CCN(c3cc(N4CCN(C)CC4)nc(C)n3)CC2)c1. The predicted molar refractivity (Wildman–Crippen MR) is 116 cm³/mol. The number of piperazine rings is 2. The quantitative estimate of drug-likeness (QED) is 0.791. The summed E-state index contributed by atoms with van der Waals surface area (Å²) in [6, 6.07) is 9.94. The number of hydrogen-bond acceptors (Lipinski definition) is 6. The number of nitrogens with zero attached hydrogens (tertiary/aromatic N) is 6. The first-order valence-corrected chi connectivity index (χ1v) is 10.4. The van der Waals surface area contributed by atoms with Crippen molar-refractivity contribution < 1.29 is 4.79 Å². The van der Waals surface area contributed by atoms with Gasteiger partial charge >= 0.3 is 0 Å². The molecule has 0 radical (unpaired) electrons. The third kappa shape index (κ3) is 4.50. The summed E-state index contributed by atoms with van der Waals surface area (Å²) in [6.45, 7) is 11.1. The number of aryl methyl sites for hydroxylation is 2. The second-order valence-corrected chi connectivity index (χ2v) is 8.07. The fraction of sp³-hybridized carbons (Fsp3) is 0.500. The summed E-state index contributed by atoms with van der Waals surface area (Å²) >= 11 is 0. The highest BCUT2D eigenvalue weighted by molar-refractivity contribution is 5.94. The van der Waals surface area contributed by atoms with E-state index in [1.807, 2.05) is 43.0 Å². The van der Waals surface area contributed by atoms with Crippen LogP contribution in [0.5, 0.6) is 0 Å². The lowest BCUT2D eigenvalue weighted by atomic mass is 10.1. The maximum atomic E-state index is 12.8. The van der Waals surface area contributed by atoms with Crippen LogP contribution >= 0.6 is 0 Å². The minimum Gasteiger partial charge on any atom is -0.354 e. The lowest BCUT2D eigenvalue weighted by Gasteiger charge is -2.37. The van der Waals surface area contributed by atoms with Gasteiger partial charge in [0, 0.05) is 64.0 Å². The molecule has 3 heterocycles. The Balaban J connectivity index is 1.42. The lowest BCUT2D eigenvalue weighted by molar-refractivity contribution is 0.0746. The molecular weight excluding hydrogens is 364 g/mol. The van der Waals surface area contributed by atoms with Gasteiger partial charge in [-0.3, -0.25) is 4.79 Å². The standard InChI is InChI=1S/C22H30N6O/c1-17-5-4-6-19(15-17)22(29)28-13-11-27(12-14-28)21-16-20(23-18(2)24-21)26-9-7-25(3)8-10-26/h4-6,15-16H,7-14H2,1-3H3. The molecule has 2 aromatic rings. The van der Waals surface area contributed by atoms with E-state index in [1.165, 1.54) is 0 Å². The van der Waals surface area contributed by atoms with E-state index in [0.717, 1.165) is 67.9 Å².